The molecular formula is C15H17BrFN3. The Morgan fingerprint density at radius 3 is 2.70 bits per heavy atom. The molecule has 0 bridgehead atoms. The number of nitrogens with zero attached hydrogens (tertiary/aromatic N) is 2. The van der Waals surface area contributed by atoms with Crippen molar-refractivity contribution in [2.45, 2.75) is 13.0 Å². The van der Waals surface area contributed by atoms with E-state index < -0.39 is 0 Å². The number of hydrogen-bond donors (Lipinski definition) is 1. The fraction of sp³-hybridized carbons (Fsp3) is 0.267. The van der Waals surface area contributed by atoms with Gasteiger partial charge in [0.2, 0.25) is 0 Å². The Balaban J connectivity index is 2.26. The van der Waals surface area contributed by atoms with E-state index in [0.29, 0.717) is 5.56 Å². The molecule has 106 valence electrons. The Hall–Kier alpha value is -1.62. The molecule has 1 unspecified atom stereocenters. The number of aromatic nitrogens is 1. The number of anilines is 2. The fourth-order valence-corrected chi connectivity index (χ4v) is 2.36. The summed E-state index contributed by atoms with van der Waals surface area (Å²) in [4.78, 5) is 6.25. The molecule has 0 aliphatic carbocycles. The highest BCUT2D eigenvalue weighted by Crippen LogP contribution is 2.28. The van der Waals surface area contributed by atoms with Crippen LogP contribution in [0.5, 0.6) is 0 Å². The van der Waals surface area contributed by atoms with Crippen molar-refractivity contribution < 1.29 is 4.39 Å². The van der Waals surface area contributed by atoms with Crippen molar-refractivity contribution in [3.05, 3.63) is 52.4 Å². The largest absolute Gasteiger partial charge is 0.375 e. The molecule has 1 aromatic carbocycles. The van der Waals surface area contributed by atoms with Gasteiger partial charge < -0.3 is 10.2 Å². The summed E-state index contributed by atoms with van der Waals surface area (Å²) < 4.78 is 14.7. The van der Waals surface area contributed by atoms with Gasteiger partial charge in [0.05, 0.1) is 11.7 Å². The minimum atomic E-state index is -0.227. The minimum Gasteiger partial charge on any atom is -0.375 e. The molecule has 0 aliphatic rings. The lowest BCUT2D eigenvalue weighted by molar-refractivity contribution is 0.599. The molecule has 0 radical (unpaired) electrons. The Kier molecular flexibility index (Phi) is 4.60. The molecule has 0 fully saturated rings. The molecule has 3 nitrogen and oxygen atoms in total. The first-order valence-electron chi connectivity index (χ1n) is 6.33. The lowest BCUT2D eigenvalue weighted by atomic mass is 10.1. The van der Waals surface area contributed by atoms with Gasteiger partial charge in [0, 0.05) is 30.3 Å². The van der Waals surface area contributed by atoms with Crippen molar-refractivity contribution >= 4 is 27.4 Å². The van der Waals surface area contributed by atoms with Crippen LogP contribution in [-0.4, -0.2) is 19.1 Å². The number of rotatable bonds is 4. The SMILES string of the molecule is CC(Nc1cccnc1N(C)C)c1ccc(Br)cc1F. The van der Waals surface area contributed by atoms with Crippen molar-refractivity contribution in [3.8, 4) is 0 Å². The number of halogens is 2. The molecule has 0 saturated carbocycles. The van der Waals surface area contributed by atoms with Gasteiger partial charge in [0.15, 0.2) is 5.82 Å². The van der Waals surface area contributed by atoms with Gasteiger partial charge in [0.25, 0.3) is 0 Å². The molecule has 2 rings (SSSR count). The van der Waals surface area contributed by atoms with E-state index in [9.17, 15) is 4.39 Å². The van der Waals surface area contributed by atoms with E-state index in [1.165, 1.54) is 6.07 Å². The van der Waals surface area contributed by atoms with Gasteiger partial charge in [0.1, 0.15) is 5.82 Å². The van der Waals surface area contributed by atoms with E-state index in [0.717, 1.165) is 16.0 Å². The van der Waals surface area contributed by atoms with Gasteiger partial charge in [-0.1, -0.05) is 22.0 Å². The summed E-state index contributed by atoms with van der Waals surface area (Å²) in [5.41, 5.74) is 1.51. The van der Waals surface area contributed by atoms with Crippen molar-refractivity contribution in [3.63, 3.8) is 0 Å². The summed E-state index contributed by atoms with van der Waals surface area (Å²) >= 11 is 3.27. The first kappa shape index (κ1) is 14.8. The highest BCUT2D eigenvalue weighted by Gasteiger charge is 2.13. The maximum absolute atomic E-state index is 14.0. The maximum Gasteiger partial charge on any atom is 0.151 e. The van der Waals surface area contributed by atoms with E-state index in [2.05, 4.69) is 26.2 Å². The van der Waals surface area contributed by atoms with E-state index in [1.54, 1.807) is 12.3 Å². The molecule has 5 heteroatoms. The standard InChI is InChI=1S/C15H17BrFN3/c1-10(12-7-6-11(16)9-13(12)17)19-14-5-4-8-18-15(14)20(2)3/h4-10,19H,1-3H3. The molecule has 20 heavy (non-hydrogen) atoms. The fourth-order valence-electron chi connectivity index (χ4n) is 2.03. The van der Waals surface area contributed by atoms with Crippen LogP contribution in [0, 0.1) is 5.82 Å². The Labute approximate surface area is 127 Å². The molecule has 0 aliphatic heterocycles. The summed E-state index contributed by atoms with van der Waals surface area (Å²) in [6, 6.07) is 8.75. The summed E-state index contributed by atoms with van der Waals surface area (Å²) in [7, 11) is 3.86. The lowest BCUT2D eigenvalue weighted by Gasteiger charge is -2.21. The Bertz CT molecular complexity index is 601. The molecular weight excluding hydrogens is 321 g/mol. The highest BCUT2D eigenvalue weighted by atomic mass is 79.9. The molecule has 0 spiro atoms. The second-order valence-corrected chi connectivity index (χ2v) is 5.72. The third-order valence-corrected chi connectivity index (χ3v) is 3.50. The number of nitrogens with one attached hydrogen (secondary N) is 1. The van der Waals surface area contributed by atoms with Crippen LogP contribution in [0.15, 0.2) is 41.0 Å². The molecule has 2 aromatic rings. The third kappa shape index (κ3) is 3.28. The summed E-state index contributed by atoms with van der Waals surface area (Å²) in [5.74, 6) is 0.603. The van der Waals surface area contributed by atoms with Gasteiger partial charge in [-0.3, -0.25) is 0 Å². The molecule has 1 N–H and O–H groups in total. The smallest absolute Gasteiger partial charge is 0.151 e. The van der Waals surface area contributed by atoms with E-state index in [-0.39, 0.29) is 11.9 Å². The molecule has 1 aromatic heterocycles. The first-order chi connectivity index (χ1) is 9.49. The van der Waals surface area contributed by atoms with E-state index >= 15 is 0 Å². The molecule has 1 heterocycles. The van der Waals surface area contributed by atoms with Gasteiger partial charge in [-0.25, -0.2) is 9.37 Å². The van der Waals surface area contributed by atoms with Crippen molar-refractivity contribution in [2.24, 2.45) is 0 Å². The number of benzene rings is 1. The van der Waals surface area contributed by atoms with Crippen LogP contribution < -0.4 is 10.2 Å². The predicted octanol–water partition coefficient (Wildman–Crippen LogP) is 4.22. The van der Waals surface area contributed by atoms with Crippen molar-refractivity contribution in [1.29, 1.82) is 0 Å². The van der Waals surface area contributed by atoms with Crippen LogP contribution >= 0.6 is 15.9 Å². The number of pyridine rings is 1. The van der Waals surface area contributed by atoms with Gasteiger partial charge in [-0.05, 0) is 31.2 Å². The Morgan fingerprint density at radius 2 is 2.05 bits per heavy atom. The average molecular weight is 338 g/mol. The molecule has 0 amide bonds. The van der Waals surface area contributed by atoms with Crippen LogP contribution in [0.25, 0.3) is 0 Å². The lowest BCUT2D eigenvalue weighted by Crippen LogP contribution is -2.16. The monoisotopic (exact) mass is 337 g/mol. The first-order valence-corrected chi connectivity index (χ1v) is 7.12. The zero-order valence-electron chi connectivity index (χ0n) is 11.7. The van der Waals surface area contributed by atoms with Crippen LogP contribution in [-0.2, 0) is 0 Å². The maximum atomic E-state index is 14.0. The molecule has 1 atom stereocenters. The topological polar surface area (TPSA) is 28.2 Å². The second kappa shape index (κ2) is 6.22. The van der Waals surface area contributed by atoms with Crippen LogP contribution in [0.3, 0.4) is 0 Å². The highest BCUT2D eigenvalue weighted by molar-refractivity contribution is 9.10. The average Bonchev–Trinajstić information content (AvgIpc) is 2.38. The van der Waals surface area contributed by atoms with Crippen LogP contribution in [0.2, 0.25) is 0 Å². The van der Waals surface area contributed by atoms with Crippen LogP contribution in [0.1, 0.15) is 18.5 Å². The second-order valence-electron chi connectivity index (χ2n) is 4.80. The van der Waals surface area contributed by atoms with Gasteiger partial charge >= 0.3 is 0 Å². The van der Waals surface area contributed by atoms with E-state index in [1.807, 2.05) is 44.1 Å². The van der Waals surface area contributed by atoms with Gasteiger partial charge in [-0.2, -0.15) is 0 Å². The summed E-state index contributed by atoms with van der Waals surface area (Å²) in [6.07, 6.45) is 1.74. The molecule has 0 saturated heterocycles. The predicted molar refractivity (Wildman–Crippen MR) is 84.7 cm³/mol. The third-order valence-electron chi connectivity index (χ3n) is 3.01. The summed E-state index contributed by atoms with van der Waals surface area (Å²) in [6.45, 7) is 1.93. The number of hydrogen-bond acceptors (Lipinski definition) is 3. The van der Waals surface area contributed by atoms with E-state index in [4.69, 9.17) is 0 Å². The van der Waals surface area contributed by atoms with Crippen molar-refractivity contribution in [1.82, 2.24) is 4.98 Å². The van der Waals surface area contributed by atoms with Gasteiger partial charge in [-0.15, -0.1) is 0 Å². The quantitative estimate of drug-likeness (QED) is 0.905. The Morgan fingerprint density at radius 1 is 1.30 bits per heavy atom. The zero-order chi connectivity index (χ0) is 14.7. The normalized spacial score (nSPS) is 12.1. The summed E-state index contributed by atoms with van der Waals surface area (Å²) in [5, 5.41) is 3.31. The minimum absolute atomic E-state index is 0.147. The van der Waals surface area contributed by atoms with Crippen molar-refractivity contribution in [2.75, 3.05) is 24.3 Å². The zero-order valence-corrected chi connectivity index (χ0v) is 13.3. The van der Waals surface area contributed by atoms with Crippen LogP contribution in [0.4, 0.5) is 15.9 Å².